The molecule has 0 saturated carbocycles. The Balaban J connectivity index is 2.37. The van der Waals surface area contributed by atoms with Gasteiger partial charge in [-0.3, -0.25) is 4.79 Å². The third-order valence-corrected chi connectivity index (χ3v) is 5.69. The lowest BCUT2D eigenvalue weighted by molar-refractivity contribution is -0.119. The van der Waals surface area contributed by atoms with Gasteiger partial charge in [0.05, 0.1) is 10.6 Å². The summed E-state index contributed by atoms with van der Waals surface area (Å²) in [5, 5.41) is 2.50. The van der Waals surface area contributed by atoms with Crippen LogP contribution in [0, 0.1) is 0 Å². The minimum Gasteiger partial charge on any atom is -0.398 e. The second-order valence-corrected chi connectivity index (χ2v) is 8.50. The molecule has 1 heterocycles. The van der Waals surface area contributed by atoms with E-state index in [1.807, 2.05) is 0 Å². The summed E-state index contributed by atoms with van der Waals surface area (Å²) in [6.45, 7) is 0.184. The molecule has 0 radical (unpaired) electrons. The lowest BCUT2D eigenvalue weighted by Crippen LogP contribution is -2.36. The van der Waals surface area contributed by atoms with Crippen LogP contribution < -0.4 is 15.8 Å². The molecule has 1 aromatic rings. The van der Waals surface area contributed by atoms with Crippen LogP contribution in [0.4, 0.5) is 5.69 Å². The number of rotatable bonds is 4. The predicted octanol–water partition coefficient (Wildman–Crippen LogP) is -1.16. The summed E-state index contributed by atoms with van der Waals surface area (Å²) < 4.78 is 49.9. The Labute approximate surface area is 122 Å². The quantitative estimate of drug-likeness (QED) is 0.595. The Hall–Kier alpha value is -1.65. The van der Waals surface area contributed by atoms with Crippen molar-refractivity contribution in [1.82, 2.24) is 10.0 Å². The number of nitrogens with two attached hydrogens (primary N) is 1. The molecule has 0 spiro atoms. The van der Waals surface area contributed by atoms with E-state index < -0.39 is 25.9 Å². The van der Waals surface area contributed by atoms with Crippen molar-refractivity contribution in [2.24, 2.45) is 0 Å². The van der Waals surface area contributed by atoms with Gasteiger partial charge in [0, 0.05) is 25.3 Å². The summed E-state index contributed by atoms with van der Waals surface area (Å²) in [6.07, 6.45) is 1.01. The SMILES string of the molecule is CS(=O)(=O)c1ccc(N)c(S(=O)(=O)NC2CNC(=O)C2)c1. The number of carbonyl (C=O) groups is 1. The normalized spacial score (nSPS) is 19.5. The summed E-state index contributed by atoms with van der Waals surface area (Å²) >= 11 is 0. The van der Waals surface area contributed by atoms with Crippen molar-refractivity contribution in [3.05, 3.63) is 18.2 Å². The molecule has 0 bridgehead atoms. The van der Waals surface area contributed by atoms with E-state index in [4.69, 9.17) is 5.73 Å². The maximum Gasteiger partial charge on any atom is 0.242 e. The molecular formula is C11H15N3O5S2. The number of benzene rings is 1. The fraction of sp³-hybridized carbons (Fsp3) is 0.364. The van der Waals surface area contributed by atoms with Crippen molar-refractivity contribution in [1.29, 1.82) is 0 Å². The zero-order valence-corrected chi connectivity index (χ0v) is 12.8. The summed E-state index contributed by atoms with van der Waals surface area (Å²) in [4.78, 5) is 10.6. The van der Waals surface area contributed by atoms with Crippen LogP contribution in [0.3, 0.4) is 0 Å². The van der Waals surface area contributed by atoms with Crippen LogP contribution in [0.2, 0.25) is 0 Å². The van der Waals surface area contributed by atoms with Crippen LogP contribution >= 0.6 is 0 Å². The summed E-state index contributed by atoms with van der Waals surface area (Å²) in [6, 6.07) is 2.90. The maximum absolute atomic E-state index is 12.3. The Kier molecular flexibility index (Phi) is 3.95. The highest BCUT2D eigenvalue weighted by atomic mass is 32.2. The summed E-state index contributed by atoms with van der Waals surface area (Å²) in [5.41, 5.74) is 5.56. The number of nitrogens with one attached hydrogen (secondary N) is 2. The molecule has 1 atom stereocenters. The fourth-order valence-corrected chi connectivity index (χ4v) is 4.06. The predicted molar refractivity (Wildman–Crippen MR) is 75.7 cm³/mol. The Morgan fingerprint density at radius 3 is 2.48 bits per heavy atom. The van der Waals surface area contributed by atoms with Gasteiger partial charge in [0.1, 0.15) is 4.90 Å². The molecular weight excluding hydrogens is 318 g/mol. The molecule has 1 aromatic carbocycles. The first-order valence-electron chi connectivity index (χ1n) is 5.98. The maximum atomic E-state index is 12.3. The van der Waals surface area contributed by atoms with Crippen molar-refractivity contribution < 1.29 is 21.6 Å². The van der Waals surface area contributed by atoms with Gasteiger partial charge >= 0.3 is 0 Å². The molecule has 116 valence electrons. The molecule has 1 amide bonds. The van der Waals surface area contributed by atoms with Crippen LogP contribution in [0.5, 0.6) is 0 Å². The molecule has 10 heteroatoms. The number of anilines is 1. The van der Waals surface area contributed by atoms with Crippen molar-refractivity contribution >= 4 is 31.5 Å². The number of sulfone groups is 1. The van der Waals surface area contributed by atoms with Gasteiger partial charge in [0.2, 0.25) is 15.9 Å². The highest BCUT2D eigenvalue weighted by Gasteiger charge is 2.28. The van der Waals surface area contributed by atoms with Crippen LogP contribution in [0.1, 0.15) is 6.42 Å². The molecule has 2 rings (SSSR count). The van der Waals surface area contributed by atoms with Gasteiger partial charge in [0.15, 0.2) is 9.84 Å². The first-order valence-corrected chi connectivity index (χ1v) is 9.35. The summed E-state index contributed by atoms with van der Waals surface area (Å²) in [5.74, 6) is -0.249. The molecule has 1 aliphatic heterocycles. The topological polar surface area (TPSA) is 135 Å². The number of carbonyl (C=O) groups excluding carboxylic acids is 1. The van der Waals surface area contributed by atoms with E-state index in [0.29, 0.717) is 0 Å². The van der Waals surface area contributed by atoms with E-state index in [-0.39, 0.29) is 34.4 Å². The smallest absolute Gasteiger partial charge is 0.242 e. The van der Waals surface area contributed by atoms with E-state index >= 15 is 0 Å². The zero-order valence-electron chi connectivity index (χ0n) is 11.2. The van der Waals surface area contributed by atoms with Crippen molar-refractivity contribution in [2.75, 3.05) is 18.5 Å². The van der Waals surface area contributed by atoms with Crippen LogP contribution in [0.25, 0.3) is 0 Å². The fourth-order valence-electron chi connectivity index (χ4n) is 1.95. The molecule has 21 heavy (non-hydrogen) atoms. The Bertz CT molecular complexity index is 786. The average molecular weight is 333 g/mol. The van der Waals surface area contributed by atoms with E-state index in [1.165, 1.54) is 12.1 Å². The van der Waals surface area contributed by atoms with Gasteiger partial charge < -0.3 is 11.1 Å². The number of hydrogen-bond donors (Lipinski definition) is 3. The third-order valence-electron chi connectivity index (χ3n) is 3.00. The van der Waals surface area contributed by atoms with E-state index in [0.717, 1.165) is 12.3 Å². The first-order chi connectivity index (χ1) is 9.59. The van der Waals surface area contributed by atoms with Gasteiger partial charge in [-0.15, -0.1) is 0 Å². The van der Waals surface area contributed by atoms with Crippen molar-refractivity contribution in [2.45, 2.75) is 22.3 Å². The second-order valence-electron chi connectivity index (χ2n) is 4.80. The van der Waals surface area contributed by atoms with Gasteiger partial charge in [-0.25, -0.2) is 21.6 Å². The zero-order chi connectivity index (χ0) is 15.8. The average Bonchev–Trinajstić information content (AvgIpc) is 2.72. The van der Waals surface area contributed by atoms with Gasteiger partial charge in [-0.05, 0) is 18.2 Å². The number of amides is 1. The highest BCUT2D eigenvalue weighted by Crippen LogP contribution is 2.23. The van der Waals surface area contributed by atoms with E-state index in [2.05, 4.69) is 10.0 Å². The number of hydrogen-bond acceptors (Lipinski definition) is 6. The van der Waals surface area contributed by atoms with Crippen molar-refractivity contribution in [3.63, 3.8) is 0 Å². The largest absolute Gasteiger partial charge is 0.398 e. The highest BCUT2D eigenvalue weighted by molar-refractivity contribution is 7.91. The standard InChI is InChI=1S/C11H15N3O5S2/c1-20(16,17)8-2-3-9(12)10(5-8)21(18,19)14-7-4-11(15)13-6-7/h2-3,5,7,14H,4,6,12H2,1H3,(H,13,15). The van der Waals surface area contributed by atoms with Crippen LogP contribution in [-0.4, -0.2) is 41.6 Å². The monoisotopic (exact) mass is 333 g/mol. The second kappa shape index (κ2) is 5.28. The minimum absolute atomic E-state index is 0.0326. The first kappa shape index (κ1) is 15.7. The van der Waals surface area contributed by atoms with Crippen LogP contribution in [-0.2, 0) is 24.7 Å². The molecule has 1 aliphatic rings. The molecule has 1 fully saturated rings. The van der Waals surface area contributed by atoms with E-state index in [1.54, 1.807) is 0 Å². The lowest BCUT2D eigenvalue weighted by Gasteiger charge is -2.13. The number of nitrogen functional groups attached to an aromatic ring is 1. The summed E-state index contributed by atoms with van der Waals surface area (Å²) in [7, 11) is -7.56. The lowest BCUT2D eigenvalue weighted by atomic mass is 10.3. The number of sulfonamides is 1. The third kappa shape index (κ3) is 3.52. The Morgan fingerprint density at radius 2 is 1.95 bits per heavy atom. The Morgan fingerprint density at radius 1 is 1.29 bits per heavy atom. The van der Waals surface area contributed by atoms with Crippen LogP contribution in [0.15, 0.2) is 28.0 Å². The molecule has 0 aromatic heterocycles. The molecule has 1 saturated heterocycles. The minimum atomic E-state index is -4.01. The van der Waals surface area contributed by atoms with Crippen molar-refractivity contribution in [3.8, 4) is 0 Å². The molecule has 4 N–H and O–H groups in total. The molecule has 8 nitrogen and oxygen atoms in total. The van der Waals surface area contributed by atoms with E-state index in [9.17, 15) is 21.6 Å². The molecule has 0 aliphatic carbocycles. The van der Waals surface area contributed by atoms with Gasteiger partial charge in [0.25, 0.3) is 0 Å². The van der Waals surface area contributed by atoms with Gasteiger partial charge in [-0.2, -0.15) is 0 Å². The molecule has 1 unspecified atom stereocenters. The van der Waals surface area contributed by atoms with Gasteiger partial charge in [-0.1, -0.05) is 0 Å².